The fourth-order valence-corrected chi connectivity index (χ4v) is 2.20. The van der Waals surface area contributed by atoms with Gasteiger partial charge in [-0.15, -0.1) is 0 Å². The van der Waals surface area contributed by atoms with Crippen LogP contribution in [0, 0.1) is 0 Å². The van der Waals surface area contributed by atoms with Crippen molar-refractivity contribution in [1.82, 2.24) is 0 Å². The van der Waals surface area contributed by atoms with Crippen LogP contribution in [0.2, 0.25) is 0 Å². The van der Waals surface area contributed by atoms with Gasteiger partial charge in [-0.1, -0.05) is 0 Å². The second-order valence-electron chi connectivity index (χ2n) is 2.88. The van der Waals surface area contributed by atoms with Crippen molar-refractivity contribution in [2.75, 3.05) is 5.73 Å². The number of nitrogen functional groups attached to an aromatic ring is 1. The van der Waals surface area contributed by atoms with Gasteiger partial charge in [0.15, 0.2) is 0 Å². The lowest BCUT2D eigenvalue weighted by molar-refractivity contribution is -0.137. The minimum absolute atomic E-state index is 0.408. The van der Waals surface area contributed by atoms with Gasteiger partial charge in [0.1, 0.15) is 0 Å². The zero-order valence-electron chi connectivity index (χ0n) is 7.79. The molecule has 96 valence electrons. The lowest BCUT2D eigenvalue weighted by Crippen LogP contribution is -2.10. The summed E-state index contributed by atoms with van der Waals surface area (Å²) in [7, 11) is 0. The molecule has 9 heteroatoms. The van der Waals surface area contributed by atoms with E-state index in [1.165, 1.54) is 0 Å². The van der Waals surface area contributed by atoms with Crippen LogP contribution >= 0.6 is 27.7 Å². The van der Waals surface area contributed by atoms with E-state index in [4.69, 9.17) is 5.73 Å². The summed E-state index contributed by atoms with van der Waals surface area (Å²) in [5.41, 5.74) is -1.38. The molecule has 0 heterocycles. The first-order chi connectivity index (χ1) is 7.52. The van der Waals surface area contributed by atoms with Crippen molar-refractivity contribution in [1.29, 1.82) is 0 Å². The molecule has 1 rings (SSSR count). The number of nitrogens with two attached hydrogens (primary N) is 1. The molecular formula is C8H4BrF6NS. The molecule has 0 spiro atoms. The third kappa shape index (κ3) is 3.70. The molecule has 1 aromatic rings. The highest BCUT2D eigenvalue weighted by Crippen LogP contribution is 2.45. The van der Waals surface area contributed by atoms with Crippen molar-refractivity contribution >= 4 is 33.4 Å². The number of anilines is 1. The summed E-state index contributed by atoms with van der Waals surface area (Å²) < 4.78 is 72.9. The molecule has 0 bridgehead atoms. The molecule has 0 unspecified atom stereocenters. The normalized spacial score (nSPS) is 12.9. The fourth-order valence-electron chi connectivity index (χ4n) is 1.02. The molecule has 1 aromatic carbocycles. The molecular weight excluding hydrogens is 336 g/mol. The summed E-state index contributed by atoms with van der Waals surface area (Å²) in [6, 6.07) is 1.25. The van der Waals surface area contributed by atoms with Gasteiger partial charge in [-0.2, -0.15) is 26.3 Å². The maximum absolute atomic E-state index is 12.4. The summed E-state index contributed by atoms with van der Waals surface area (Å²) in [5, 5.41) is 0. The van der Waals surface area contributed by atoms with Crippen molar-refractivity contribution in [2.45, 2.75) is 16.6 Å². The molecule has 0 radical (unpaired) electrons. The lowest BCUT2D eigenvalue weighted by atomic mass is 10.2. The Kier molecular flexibility index (Phi) is 3.92. The first kappa shape index (κ1) is 14.5. The molecule has 0 aliphatic rings. The van der Waals surface area contributed by atoms with Crippen molar-refractivity contribution in [2.24, 2.45) is 0 Å². The Labute approximate surface area is 104 Å². The van der Waals surface area contributed by atoms with Crippen LogP contribution in [-0.4, -0.2) is 5.51 Å². The van der Waals surface area contributed by atoms with Gasteiger partial charge in [-0.05, 0) is 39.8 Å². The predicted molar refractivity (Wildman–Crippen MR) is 55.5 cm³/mol. The molecule has 0 aliphatic heterocycles. The van der Waals surface area contributed by atoms with E-state index in [2.05, 4.69) is 15.9 Å². The van der Waals surface area contributed by atoms with E-state index in [9.17, 15) is 26.3 Å². The van der Waals surface area contributed by atoms with Crippen LogP contribution in [0.3, 0.4) is 0 Å². The van der Waals surface area contributed by atoms with E-state index in [0.717, 1.165) is 6.07 Å². The van der Waals surface area contributed by atoms with Gasteiger partial charge in [0, 0.05) is 4.90 Å². The van der Waals surface area contributed by atoms with Gasteiger partial charge in [-0.3, -0.25) is 0 Å². The smallest absolute Gasteiger partial charge is 0.397 e. The highest BCUT2D eigenvalue weighted by molar-refractivity contribution is 9.10. The number of halogens is 7. The van der Waals surface area contributed by atoms with Gasteiger partial charge in [0.25, 0.3) is 0 Å². The number of alkyl halides is 6. The number of hydrogen-bond acceptors (Lipinski definition) is 2. The number of hydrogen-bond donors (Lipinski definition) is 1. The van der Waals surface area contributed by atoms with Crippen LogP contribution in [0.5, 0.6) is 0 Å². The molecule has 0 aliphatic carbocycles. The van der Waals surface area contributed by atoms with Crippen LogP contribution in [0.1, 0.15) is 5.56 Å². The summed E-state index contributed by atoms with van der Waals surface area (Å²) in [5.74, 6) is 0. The van der Waals surface area contributed by atoms with Crippen LogP contribution in [0.15, 0.2) is 21.5 Å². The van der Waals surface area contributed by atoms with E-state index in [-0.39, 0.29) is 0 Å². The first-order valence-corrected chi connectivity index (χ1v) is 5.54. The average molecular weight is 340 g/mol. The minimum atomic E-state index is -4.70. The molecule has 0 fully saturated rings. The Morgan fingerprint density at radius 2 is 1.59 bits per heavy atom. The SMILES string of the molecule is Nc1c(C(F)(F)F)ccc(SC(F)(F)F)c1Br. The van der Waals surface area contributed by atoms with E-state index >= 15 is 0 Å². The average Bonchev–Trinajstić information content (AvgIpc) is 2.08. The maximum Gasteiger partial charge on any atom is 0.446 e. The summed E-state index contributed by atoms with van der Waals surface area (Å²) >= 11 is 2.10. The third-order valence-electron chi connectivity index (χ3n) is 1.68. The standard InChI is InChI=1S/C8H4BrF6NS/c9-5-4(17-8(13,14)15)2-1-3(6(5)16)7(10,11)12/h1-2H,16H2. The van der Waals surface area contributed by atoms with Crippen LogP contribution in [0.25, 0.3) is 0 Å². The van der Waals surface area contributed by atoms with Crippen molar-refractivity contribution in [3.05, 3.63) is 22.2 Å². The highest BCUT2D eigenvalue weighted by atomic mass is 79.9. The summed E-state index contributed by atoms with van der Waals surface area (Å²) in [4.78, 5) is -0.414. The second kappa shape index (κ2) is 4.60. The summed E-state index contributed by atoms with van der Waals surface area (Å²) in [6.07, 6.45) is -4.70. The highest BCUT2D eigenvalue weighted by Gasteiger charge is 2.36. The molecule has 0 amide bonds. The second-order valence-corrected chi connectivity index (χ2v) is 4.78. The zero-order valence-corrected chi connectivity index (χ0v) is 10.2. The van der Waals surface area contributed by atoms with Gasteiger partial charge in [-0.25, -0.2) is 0 Å². The number of rotatable bonds is 1. The van der Waals surface area contributed by atoms with Crippen LogP contribution in [0.4, 0.5) is 32.0 Å². The Hall–Kier alpha value is -0.570. The van der Waals surface area contributed by atoms with E-state index < -0.39 is 44.1 Å². The topological polar surface area (TPSA) is 26.0 Å². The van der Waals surface area contributed by atoms with E-state index in [1.807, 2.05) is 0 Å². The Morgan fingerprint density at radius 1 is 1.06 bits per heavy atom. The number of thioether (sulfide) groups is 1. The van der Waals surface area contributed by atoms with E-state index in [0.29, 0.717) is 6.07 Å². The van der Waals surface area contributed by atoms with Crippen molar-refractivity contribution < 1.29 is 26.3 Å². The molecule has 0 atom stereocenters. The van der Waals surface area contributed by atoms with Gasteiger partial charge in [0.05, 0.1) is 15.7 Å². The van der Waals surface area contributed by atoms with E-state index in [1.54, 1.807) is 0 Å². The van der Waals surface area contributed by atoms with Crippen molar-refractivity contribution in [3.8, 4) is 0 Å². The Bertz CT molecular complexity index is 427. The Balaban J connectivity index is 3.21. The molecule has 17 heavy (non-hydrogen) atoms. The lowest BCUT2D eigenvalue weighted by Gasteiger charge is -2.14. The number of benzene rings is 1. The van der Waals surface area contributed by atoms with Crippen LogP contribution in [-0.2, 0) is 6.18 Å². The third-order valence-corrected chi connectivity index (χ3v) is 3.58. The molecule has 0 saturated carbocycles. The Morgan fingerprint density at radius 3 is 2.00 bits per heavy atom. The molecule has 0 saturated heterocycles. The van der Waals surface area contributed by atoms with Gasteiger partial charge >= 0.3 is 11.7 Å². The summed E-state index contributed by atoms with van der Waals surface area (Å²) in [6.45, 7) is 0. The molecule has 2 N–H and O–H groups in total. The fraction of sp³-hybridized carbons (Fsp3) is 0.250. The van der Waals surface area contributed by atoms with Crippen molar-refractivity contribution in [3.63, 3.8) is 0 Å². The monoisotopic (exact) mass is 339 g/mol. The molecule has 1 nitrogen and oxygen atoms in total. The molecule has 0 aromatic heterocycles. The van der Waals surface area contributed by atoms with Gasteiger partial charge < -0.3 is 5.73 Å². The predicted octanol–water partition coefficient (Wildman–Crippen LogP) is 4.66. The minimum Gasteiger partial charge on any atom is -0.397 e. The largest absolute Gasteiger partial charge is 0.446 e. The zero-order chi connectivity index (χ0) is 13.4. The van der Waals surface area contributed by atoms with Gasteiger partial charge in [0.2, 0.25) is 0 Å². The first-order valence-electron chi connectivity index (χ1n) is 3.93. The van der Waals surface area contributed by atoms with Crippen LogP contribution < -0.4 is 5.73 Å². The quantitative estimate of drug-likeness (QED) is 0.457. The maximum atomic E-state index is 12.4.